The van der Waals surface area contributed by atoms with Gasteiger partial charge in [0.15, 0.2) is 0 Å². The summed E-state index contributed by atoms with van der Waals surface area (Å²) in [6, 6.07) is 2.67. The Balaban J connectivity index is 1.52. The molecule has 2 N–H and O–H groups in total. The minimum Gasteiger partial charge on any atom is -0.444 e. The molecule has 7 heteroatoms. The first-order chi connectivity index (χ1) is 10.9. The molecular weight excluding hydrogens is 294 g/mol. The molecular formula is C16H25N5O2. The summed E-state index contributed by atoms with van der Waals surface area (Å²) in [7, 11) is 0. The predicted molar refractivity (Wildman–Crippen MR) is 88.5 cm³/mol. The van der Waals surface area contributed by atoms with Crippen molar-refractivity contribution in [1.29, 1.82) is 0 Å². The molecule has 126 valence electrons. The van der Waals surface area contributed by atoms with Crippen molar-refractivity contribution in [3.05, 3.63) is 12.4 Å². The fraction of sp³-hybridized carbons (Fsp3) is 0.688. The minimum atomic E-state index is -0.460. The van der Waals surface area contributed by atoms with Gasteiger partial charge >= 0.3 is 6.09 Å². The maximum absolute atomic E-state index is 12.1. The lowest BCUT2D eigenvalue weighted by atomic mass is 10.2. The normalized spacial score (nSPS) is 21.2. The summed E-state index contributed by atoms with van der Waals surface area (Å²) in [6.07, 6.45) is 4.61. The van der Waals surface area contributed by atoms with Crippen LogP contribution in [0.3, 0.4) is 0 Å². The van der Waals surface area contributed by atoms with E-state index < -0.39 is 5.60 Å². The average molecular weight is 319 g/mol. The zero-order valence-corrected chi connectivity index (χ0v) is 14.0. The second-order valence-electron chi connectivity index (χ2n) is 7.26. The topological polar surface area (TPSA) is 79.4 Å². The van der Waals surface area contributed by atoms with Crippen LogP contribution in [0, 0.1) is 0 Å². The molecule has 0 spiro atoms. The third kappa shape index (κ3) is 4.71. The van der Waals surface area contributed by atoms with Crippen molar-refractivity contribution in [2.24, 2.45) is 0 Å². The van der Waals surface area contributed by atoms with Crippen molar-refractivity contribution in [3.63, 3.8) is 0 Å². The van der Waals surface area contributed by atoms with Gasteiger partial charge in [-0.25, -0.2) is 14.8 Å². The first-order valence-electron chi connectivity index (χ1n) is 8.22. The summed E-state index contributed by atoms with van der Waals surface area (Å²) < 4.78 is 5.41. The summed E-state index contributed by atoms with van der Waals surface area (Å²) in [5, 5.41) is 6.74. The largest absolute Gasteiger partial charge is 0.444 e. The van der Waals surface area contributed by atoms with Gasteiger partial charge in [-0.15, -0.1) is 0 Å². The lowest BCUT2D eigenvalue weighted by molar-refractivity contribution is 0.0293. The third-order valence-electron chi connectivity index (χ3n) is 3.79. The molecule has 1 aliphatic carbocycles. The fourth-order valence-corrected chi connectivity index (χ4v) is 2.53. The summed E-state index contributed by atoms with van der Waals surface area (Å²) in [5.74, 6) is 1.64. The van der Waals surface area contributed by atoms with Crippen LogP contribution in [-0.2, 0) is 4.74 Å². The summed E-state index contributed by atoms with van der Waals surface area (Å²) in [6.45, 7) is 6.97. The lowest BCUT2D eigenvalue weighted by Crippen LogP contribution is -2.36. The first-order valence-corrected chi connectivity index (χ1v) is 8.22. The molecule has 1 unspecified atom stereocenters. The Hall–Kier alpha value is -2.05. The molecule has 3 rings (SSSR count). The van der Waals surface area contributed by atoms with Crippen LogP contribution in [0.25, 0.3) is 0 Å². The maximum atomic E-state index is 12.1. The van der Waals surface area contributed by atoms with Crippen molar-refractivity contribution in [2.75, 3.05) is 23.7 Å². The Morgan fingerprint density at radius 2 is 1.83 bits per heavy atom. The molecule has 1 aliphatic heterocycles. The Bertz CT molecular complexity index is 568. The number of amides is 1. The average Bonchev–Trinajstić information content (AvgIpc) is 3.13. The van der Waals surface area contributed by atoms with Gasteiger partial charge in [0.1, 0.15) is 23.6 Å². The van der Waals surface area contributed by atoms with E-state index in [2.05, 4.69) is 20.6 Å². The van der Waals surface area contributed by atoms with Gasteiger partial charge in [-0.2, -0.15) is 0 Å². The van der Waals surface area contributed by atoms with E-state index in [0.717, 1.165) is 18.1 Å². The molecule has 2 aliphatic rings. The molecule has 1 amide bonds. The molecule has 23 heavy (non-hydrogen) atoms. The third-order valence-corrected chi connectivity index (χ3v) is 3.79. The van der Waals surface area contributed by atoms with Crippen LogP contribution < -0.4 is 10.6 Å². The van der Waals surface area contributed by atoms with Crippen molar-refractivity contribution in [1.82, 2.24) is 14.9 Å². The highest BCUT2D eigenvalue weighted by atomic mass is 16.6. The van der Waals surface area contributed by atoms with Crippen LogP contribution in [0.5, 0.6) is 0 Å². The zero-order valence-electron chi connectivity index (χ0n) is 14.0. The van der Waals surface area contributed by atoms with Gasteiger partial charge in [0.05, 0.1) is 0 Å². The van der Waals surface area contributed by atoms with Gasteiger partial charge in [-0.3, -0.25) is 0 Å². The lowest BCUT2D eigenvalue weighted by Gasteiger charge is -2.24. The highest BCUT2D eigenvalue weighted by Gasteiger charge is 2.30. The van der Waals surface area contributed by atoms with Gasteiger partial charge < -0.3 is 20.3 Å². The van der Waals surface area contributed by atoms with Crippen molar-refractivity contribution < 1.29 is 9.53 Å². The molecule has 0 aromatic carbocycles. The molecule has 2 heterocycles. The van der Waals surface area contributed by atoms with Gasteiger partial charge in [-0.1, -0.05) is 0 Å². The number of hydrogen-bond acceptors (Lipinski definition) is 6. The molecule has 0 bridgehead atoms. The van der Waals surface area contributed by atoms with Gasteiger partial charge in [-0.05, 0) is 40.0 Å². The van der Waals surface area contributed by atoms with Crippen molar-refractivity contribution >= 4 is 17.7 Å². The SMILES string of the molecule is CC(C)(C)OC(=O)N1CCC(Nc2cc(NC3CC3)ncn2)C1. The number of aromatic nitrogens is 2. The quantitative estimate of drug-likeness (QED) is 0.887. The highest BCUT2D eigenvalue weighted by molar-refractivity contribution is 5.68. The van der Waals surface area contributed by atoms with Gasteiger partial charge in [0.25, 0.3) is 0 Å². The van der Waals surface area contributed by atoms with Crippen molar-refractivity contribution in [3.8, 4) is 0 Å². The summed E-state index contributed by atoms with van der Waals surface area (Å²) in [4.78, 5) is 22.3. The predicted octanol–water partition coefficient (Wildman–Crippen LogP) is 2.47. The van der Waals surface area contributed by atoms with E-state index in [9.17, 15) is 4.79 Å². The standard InChI is InChI=1S/C16H25N5O2/c1-16(2,3)23-15(22)21-7-6-12(9-21)20-14-8-13(17-10-18-14)19-11-4-5-11/h8,10-12H,4-7,9H2,1-3H3,(H2,17,18,19,20). The van der Waals surface area contributed by atoms with Crippen molar-refractivity contribution in [2.45, 2.75) is 57.7 Å². The number of nitrogens with zero attached hydrogens (tertiary/aromatic N) is 3. The van der Waals surface area contributed by atoms with E-state index in [1.54, 1.807) is 11.2 Å². The van der Waals surface area contributed by atoms with Crippen LogP contribution in [-0.4, -0.2) is 51.7 Å². The first kappa shape index (κ1) is 15.8. The molecule has 1 saturated carbocycles. The molecule has 1 aromatic rings. The van der Waals surface area contributed by atoms with E-state index in [0.29, 0.717) is 19.1 Å². The van der Waals surface area contributed by atoms with E-state index in [4.69, 9.17) is 4.74 Å². The zero-order chi connectivity index (χ0) is 16.4. The number of ether oxygens (including phenoxy) is 1. The van der Waals surface area contributed by atoms with Crippen LogP contribution in [0.4, 0.5) is 16.4 Å². The van der Waals surface area contributed by atoms with Crippen LogP contribution in [0.15, 0.2) is 12.4 Å². The number of rotatable bonds is 4. The number of anilines is 2. The smallest absolute Gasteiger partial charge is 0.410 e. The summed E-state index contributed by atoms with van der Waals surface area (Å²) in [5.41, 5.74) is -0.460. The van der Waals surface area contributed by atoms with E-state index in [-0.39, 0.29) is 12.1 Å². The summed E-state index contributed by atoms with van der Waals surface area (Å²) >= 11 is 0. The van der Waals surface area contributed by atoms with Crippen LogP contribution in [0.1, 0.15) is 40.0 Å². The molecule has 2 fully saturated rings. The molecule has 1 aromatic heterocycles. The second-order valence-corrected chi connectivity index (χ2v) is 7.26. The Kier molecular flexibility index (Phi) is 4.28. The molecule has 7 nitrogen and oxygen atoms in total. The van der Waals surface area contributed by atoms with Gasteiger partial charge in [0.2, 0.25) is 0 Å². The van der Waals surface area contributed by atoms with Gasteiger partial charge in [0, 0.05) is 31.2 Å². The number of likely N-dealkylation sites (tertiary alicyclic amines) is 1. The Morgan fingerprint density at radius 1 is 1.17 bits per heavy atom. The van der Waals surface area contributed by atoms with E-state index in [1.165, 1.54) is 12.8 Å². The fourth-order valence-electron chi connectivity index (χ4n) is 2.53. The molecule has 0 radical (unpaired) electrons. The maximum Gasteiger partial charge on any atom is 0.410 e. The number of carbonyl (C=O) groups is 1. The number of carbonyl (C=O) groups excluding carboxylic acids is 1. The number of hydrogen-bond donors (Lipinski definition) is 2. The Morgan fingerprint density at radius 3 is 2.43 bits per heavy atom. The number of nitrogens with one attached hydrogen (secondary N) is 2. The van der Waals surface area contributed by atoms with E-state index >= 15 is 0 Å². The molecule has 1 atom stereocenters. The highest BCUT2D eigenvalue weighted by Crippen LogP contribution is 2.24. The monoisotopic (exact) mass is 319 g/mol. The van der Waals surface area contributed by atoms with Crippen LogP contribution >= 0.6 is 0 Å². The van der Waals surface area contributed by atoms with Crippen LogP contribution in [0.2, 0.25) is 0 Å². The second kappa shape index (κ2) is 6.22. The minimum absolute atomic E-state index is 0.186. The van der Waals surface area contributed by atoms with E-state index in [1.807, 2.05) is 26.8 Å². The Labute approximate surface area is 136 Å². The molecule has 1 saturated heterocycles.